The standard InChI is InChI=1S/C9H15NO2/c11-8-9(2-1-3-9)10-4-6-12-7-5-10/h8H,1-7H2. The lowest BCUT2D eigenvalue weighted by atomic mass is 9.76. The van der Waals surface area contributed by atoms with Crippen LogP contribution in [-0.2, 0) is 9.53 Å². The Labute approximate surface area is 72.7 Å². The molecule has 12 heavy (non-hydrogen) atoms. The van der Waals surface area contributed by atoms with Gasteiger partial charge in [-0.1, -0.05) is 0 Å². The zero-order chi connectivity index (χ0) is 8.44. The molecule has 1 saturated carbocycles. The Bertz CT molecular complexity index is 171. The molecule has 68 valence electrons. The van der Waals surface area contributed by atoms with Gasteiger partial charge in [-0.05, 0) is 19.3 Å². The summed E-state index contributed by atoms with van der Waals surface area (Å²) in [6, 6.07) is 0. The van der Waals surface area contributed by atoms with E-state index in [9.17, 15) is 4.79 Å². The van der Waals surface area contributed by atoms with Crippen LogP contribution in [0.5, 0.6) is 0 Å². The molecular formula is C9H15NO2. The van der Waals surface area contributed by atoms with E-state index in [-0.39, 0.29) is 5.54 Å². The van der Waals surface area contributed by atoms with Crippen molar-refractivity contribution in [3.63, 3.8) is 0 Å². The first-order valence-electron chi connectivity index (χ1n) is 4.66. The van der Waals surface area contributed by atoms with Crippen LogP contribution in [-0.4, -0.2) is 43.0 Å². The number of nitrogens with zero attached hydrogens (tertiary/aromatic N) is 1. The lowest BCUT2D eigenvalue weighted by Gasteiger charge is -2.47. The predicted molar refractivity (Wildman–Crippen MR) is 45.0 cm³/mol. The Morgan fingerprint density at radius 2 is 1.92 bits per heavy atom. The van der Waals surface area contributed by atoms with E-state index in [2.05, 4.69) is 4.90 Å². The summed E-state index contributed by atoms with van der Waals surface area (Å²) < 4.78 is 5.25. The van der Waals surface area contributed by atoms with Gasteiger partial charge in [0.2, 0.25) is 0 Å². The van der Waals surface area contributed by atoms with Crippen molar-refractivity contribution >= 4 is 6.29 Å². The number of hydrogen-bond acceptors (Lipinski definition) is 3. The molecule has 1 saturated heterocycles. The van der Waals surface area contributed by atoms with Gasteiger partial charge < -0.3 is 9.53 Å². The fraction of sp³-hybridized carbons (Fsp3) is 0.889. The summed E-state index contributed by atoms with van der Waals surface area (Å²) in [4.78, 5) is 13.2. The molecular weight excluding hydrogens is 154 g/mol. The highest BCUT2D eigenvalue weighted by Gasteiger charge is 2.42. The summed E-state index contributed by atoms with van der Waals surface area (Å²) in [7, 11) is 0. The van der Waals surface area contributed by atoms with Crippen LogP contribution in [0, 0.1) is 0 Å². The van der Waals surface area contributed by atoms with Crippen LogP contribution in [0.25, 0.3) is 0 Å². The predicted octanol–water partition coefficient (Wildman–Crippen LogP) is 0.440. The first-order chi connectivity index (χ1) is 5.87. The maximum Gasteiger partial charge on any atom is 0.140 e. The maximum atomic E-state index is 10.9. The normalized spacial score (nSPS) is 29.3. The zero-order valence-electron chi connectivity index (χ0n) is 7.29. The summed E-state index contributed by atoms with van der Waals surface area (Å²) in [6.45, 7) is 3.43. The van der Waals surface area contributed by atoms with E-state index in [1.807, 2.05) is 0 Å². The third-order valence-corrected chi connectivity index (χ3v) is 3.08. The molecule has 2 aliphatic rings. The van der Waals surface area contributed by atoms with E-state index in [0.717, 1.165) is 45.4 Å². The number of aldehydes is 1. The van der Waals surface area contributed by atoms with Crippen LogP contribution in [0.1, 0.15) is 19.3 Å². The molecule has 0 aromatic rings. The average molecular weight is 169 g/mol. The van der Waals surface area contributed by atoms with Crippen molar-refractivity contribution in [2.45, 2.75) is 24.8 Å². The van der Waals surface area contributed by atoms with Crippen LogP contribution in [0.4, 0.5) is 0 Å². The van der Waals surface area contributed by atoms with Gasteiger partial charge in [0, 0.05) is 13.1 Å². The monoisotopic (exact) mass is 169 g/mol. The van der Waals surface area contributed by atoms with Gasteiger partial charge in [-0.25, -0.2) is 0 Å². The first kappa shape index (κ1) is 8.20. The van der Waals surface area contributed by atoms with Crippen LogP contribution in [0.2, 0.25) is 0 Å². The molecule has 2 fully saturated rings. The van der Waals surface area contributed by atoms with Crippen molar-refractivity contribution in [3.05, 3.63) is 0 Å². The van der Waals surface area contributed by atoms with Crippen molar-refractivity contribution in [1.29, 1.82) is 0 Å². The molecule has 0 bridgehead atoms. The van der Waals surface area contributed by atoms with E-state index >= 15 is 0 Å². The lowest BCUT2D eigenvalue weighted by molar-refractivity contribution is -0.129. The molecule has 2 rings (SSSR count). The molecule has 0 amide bonds. The highest BCUT2D eigenvalue weighted by molar-refractivity contribution is 5.66. The molecule has 3 heteroatoms. The number of ether oxygens (including phenoxy) is 1. The van der Waals surface area contributed by atoms with Gasteiger partial charge in [-0.3, -0.25) is 4.90 Å². The summed E-state index contributed by atoms with van der Waals surface area (Å²) in [5.41, 5.74) is -0.0935. The van der Waals surface area contributed by atoms with Gasteiger partial charge in [0.05, 0.1) is 18.8 Å². The zero-order valence-corrected chi connectivity index (χ0v) is 7.29. The molecule has 3 nitrogen and oxygen atoms in total. The van der Waals surface area contributed by atoms with Crippen molar-refractivity contribution in [3.8, 4) is 0 Å². The Balaban J connectivity index is 1.99. The van der Waals surface area contributed by atoms with E-state index in [0.29, 0.717) is 0 Å². The Hall–Kier alpha value is -0.410. The Kier molecular flexibility index (Phi) is 2.15. The van der Waals surface area contributed by atoms with Gasteiger partial charge in [-0.15, -0.1) is 0 Å². The van der Waals surface area contributed by atoms with Crippen LogP contribution < -0.4 is 0 Å². The molecule has 1 aliphatic heterocycles. The number of carbonyl (C=O) groups is 1. The minimum atomic E-state index is -0.0935. The molecule has 0 radical (unpaired) electrons. The van der Waals surface area contributed by atoms with E-state index in [1.54, 1.807) is 0 Å². The largest absolute Gasteiger partial charge is 0.379 e. The maximum absolute atomic E-state index is 10.9. The van der Waals surface area contributed by atoms with Gasteiger partial charge in [-0.2, -0.15) is 0 Å². The number of morpholine rings is 1. The van der Waals surface area contributed by atoms with Crippen molar-refractivity contribution in [1.82, 2.24) is 4.90 Å². The second-order valence-electron chi connectivity index (χ2n) is 3.67. The Morgan fingerprint density at radius 3 is 2.33 bits per heavy atom. The van der Waals surface area contributed by atoms with Gasteiger partial charge in [0.15, 0.2) is 0 Å². The minimum absolute atomic E-state index is 0.0935. The average Bonchev–Trinajstić information content (AvgIpc) is 2.05. The van der Waals surface area contributed by atoms with E-state index in [1.165, 1.54) is 6.42 Å². The van der Waals surface area contributed by atoms with Crippen LogP contribution in [0.3, 0.4) is 0 Å². The summed E-state index contributed by atoms with van der Waals surface area (Å²) in [6.07, 6.45) is 4.45. The quantitative estimate of drug-likeness (QED) is 0.562. The van der Waals surface area contributed by atoms with Crippen molar-refractivity contribution < 1.29 is 9.53 Å². The fourth-order valence-corrected chi connectivity index (χ4v) is 2.06. The minimum Gasteiger partial charge on any atom is -0.379 e. The summed E-state index contributed by atoms with van der Waals surface area (Å²) >= 11 is 0. The SMILES string of the molecule is O=CC1(N2CCOCC2)CCC1. The molecule has 1 heterocycles. The number of rotatable bonds is 2. The van der Waals surface area contributed by atoms with E-state index < -0.39 is 0 Å². The second-order valence-corrected chi connectivity index (χ2v) is 3.67. The van der Waals surface area contributed by atoms with Crippen molar-refractivity contribution in [2.24, 2.45) is 0 Å². The molecule has 1 aliphatic carbocycles. The van der Waals surface area contributed by atoms with Crippen molar-refractivity contribution in [2.75, 3.05) is 26.3 Å². The molecule has 0 aromatic heterocycles. The molecule has 0 atom stereocenters. The second kappa shape index (κ2) is 3.15. The highest BCUT2D eigenvalue weighted by atomic mass is 16.5. The van der Waals surface area contributed by atoms with Crippen LogP contribution >= 0.6 is 0 Å². The molecule has 0 spiro atoms. The number of carbonyl (C=O) groups excluding carboxylic acids is 1. The molecule has 0 aromatic carbocycles. The summed E-state index contributed by atoms with van der Waals surface area (Å²) in [5.74, 6) is 0. The topological polar surface area (TPSA) is 29.5 Å². The lowest BCUT2D eigenvalue weighted by Crippen LogP contribution is -2.58. The number of hydrogen-bond donors (Lipinski definition) is 0. The fourth-order valence-electron chi connectivity index (χ4n) is 2.06. The third-order valence-electron chi connectivity index (χ3n) is 3.08. The highest BCUT2D eigenvalue weighted by Crippen LogP contribution is 2.36. The van der Waals surface area contributed by atoms with Gasteiger partial charge >= 0.3 is 0 Å². The third kappa shape index (κ3) is 1.17. The van der Waals surface area contributed by atoms with Crippen LogP contribution in [0.15, 0.2) is 0 Å². The smallest absolute Gasteiger partial charge is 0.140 e. The Morgan fingerprint density at radius 1 is 1.25 bits per heavy atom. The van der Waals surface area contributed by atoms with E-state index in [4.69, 9.17) is 4.74 Å². The first-order valence-corrected chi connectivity index (χ1v) is 4.66. The van der Waals surface area contributed by atoms with Gasteiger partial charge in [0.1, 0.15) is 6.29 Å². The molecule has 0 N–H and O–H groups in total. The van der Waals surface area contributed by atoms with Gasteiger partial charge in [0.25, 0.3) is 0 Å². The summed E-state index contributed by atoms with van der Waals surface area (Å²) in [5, 5.41) is 0. The molecule has 0 unspecified atom stereocenters.